The normalized spacial score (nSPS) is 19.3. The molecule has 136 valence electrons. The van der Waals surface area contributed by atoms with Crippen LogP contribution in [0.2, 0.25) is 0 Å². The van der Waals surface area contributed by atoms with Gasteiger partial charge in [-0.05, 0) is 24.8 Å². The number of ketones is 1. The number of hydrogen-bond acceptors (Lipinski definition) is 5. The molecule has 0 bridgehead atoms. The lowest BCUT2D eigenvalue weighted by Crippen LogP contribution is -2.31. The first-order chi connectivity index (χ1) is 12.5. The number of nitrogens with zero attached hydrogens (tertiary/aromatic N) is 1. The molecular weight excluding hydrogens is 350 g/mol. The molecule has 1 atom stereocenters. The van der Waals surface area contributed by atoms with Crippen molar-refractivity contribution in [2.24, 2.45) is 0 Å². The molecule has 26 heavy (non-hydrogen) atoms. The molecule has 0 spiro atoms. The molecule has 0 radical (unpaired) electrons. The number of ether oxygens (including phenoxy) is 1. The van der Waals surface area contributed by atoms with Crippen LogP contribution >= 0.6 is 11.3 Å². The predicted octanol–water partition coefficient (Wildman–Crippen LogP) is 3.51. The molecule has 1 saturated heterocycles. The summed E-state index contributed by atoms with van der Waals surface area (Å²) in [5.74, 6) is -1.34. The minimum atomic E-state index is -0.640. The molecule has 3 rings (SSSR count). The first kappa shape index (κ1) is 18.4. The number of thiophene rings is 1. The Morgan fingerprint density at radius 1 is 1.23 bits per heavy atom. The van der Waals surface area contributed by atoms with E-state index >= 15 is 0 Å². The summed E-state index contributed by atoms with van der Waals surface area (Å²) in [6, 6.07) is 10.4. The van der Waals surface area contributed by atoms with Crippen molar-refractivity contribution in [3.63, 3.8) is 0 Å². The molecule has 2 heterocycles. The topological polar surface area (TPSA) is 66.8 Å². The fourth-order valence-electron chi connectivity index (χ4n) is 3.10. The zero-order valence-electron chi connectivity index (χ0n) is 14.8. The van der Waals surface area contributed by atoms with Crippen molar-refractivity contribution < 1.29 is 19.4 Å². The number of methoxy groups -OCH3 is 1. The van der Waals surface area contributed by atoms with E-state index in [1.165, 1.54) is 16.2 Å². The van der Waals surface area contributed by atoms with Crippen LogP contribution in [0.4, 0.5) is 0 Å². The maximum Gasteiger partial charge on any atom is 0.295 e. The van der Waals surface area contributed by atoms with Crippen molar-refractivity contribution in [2.75, 3.05) is 20.3 Å². The quantitative estimate of drug-likeness (QED) is 0.365. The highest BCUT2D eigenvalue weighted by Gasteiger charge is 2.46. The van der Waals surface area contributed by atoms with E-state index in [0.29, 0.717) is 25.1 Å². The Labute approximate surface area is 156 Å². The van der Waals surface area contributed by atoms with Crippen LogP contribution in [0, 0.1) is 6.92 Å². The molecule has 1 aromatic heterocycles. The Kier molecular flexibility index (Phi) is 5.54. The first-order valence-corrected chi connectivity index (χ1v) is 9.30. The molecule has 1 unspecified atom stereocenters. The number of aliphatic hydroxyl groups excluding tert-OH is 1. The fraction of sp³-hybridized carbons (Fsp3) is 0.300. The van der Waals surface area contributed by atoms with Crippen molar-refractivity contribution in [2.45, 2.75) is 19.4 Å². The summed E-state index contributed by atoms with van der Waals surface area (Å²) in [7, 11) is 1.60. The van der Waals surface area contributed by atoms with E-state index in [2.05, 4.69) is 0 Å². The maximum absolute atomic E-state index is 12.7. The van der Waals surface area contributed by atoms with Crippen molar-refractivity contribution in [1.82, 2.24) is 4.90 Å². The second-order valence-electron chi connectivity index (χ2n) is 6.22. The van der Waals surface area contributed by atoms with Crippen molar-refractivity contribution in [1.29, 1.82) is 0 Å². The second kappa shape index (κ2) is 7.85. The summed E-state index contributed by atoms with van der Waals surface area (Å²) in [6.07, 6.45) is 0.621. The van der Waals surface area contributed by atoms with E-state index in [4.69, 9.17) is 4.74 Å². The Morgan fingerprint density at radius 3 is 2.58 bits per heavy atom. The predicted molar refractivity (Wildman–Crippen MR) is 101 cm³/mol. The van der Waals surface area contributed by atoms with E-state index < -0.39 is 17.7 Å². The number of benzene rings is 1. The van der Waals surface area contributed by atoms with Gasteiger partial charge >= 0.3 is 0 Å². The van der Waals surface area contributed by atoms with Crippen LogP contribution in [0.15, 0.2) is 47.4 Å². The molecule has 1 aliphatic heterocycles. The highest BCUT2D eigenvalue weighted by molar-refractivity contribution is 7.10. The summed E-state index contributed by atoms with van der Waals surface area (Å²) in [4.78, 5) is 27.7. The largest absolute Gasteiger partial charge is 0.507 e. The van der Waals surface area contributed by atoms with Gasteiger partial charge in [0.2, 0.25) is 0 Å². The van der Waals surface area contributed by atoms with E-state index in [1.807, 2.05) is 36.6 Å². The van der Waals surface area contributed by atoms with Crippen LogP contribution in [-0.4, -0.2) is 42.0 Å². The van der Waals surface area contributed by atoms with Gasteiger partial charge in [-0.1, -0.05) is 35.9 Å². The summed E-state index contributed by atoms with van der Waals surface area (Å²) in [6.45, 7) is 2.84. The molecule has 1 amide bonds. The Morgan fingerprint density at radius 2 is 1.96 bits per heavy atom. The Hall–Kier alpha value is -2.44. The zero-order valence-corrected chi connectivity index (χ0v) is 15.6. The Bertz CT molecular complexity index is 824. The number of amides is 1. The van der Waals surface area contributed by atoms with Gasteiger partial charge < -0.3 is 14.7 Å². The molecule has 1 fully saturated rings. The number of aliphatic hydroxyl groups is 1. The standard InChI is InChI=1S/C20H21NO4S/c1-13-6-8-14(9-7-13)18(22)16-17(15-5-3-12-26-15)21(10-4-11-25-2)20(24)19(16)23/h3,5-9,12,17,22H,4,10-11H2,1-2H3/b18-16-. The average molecular weight is 371 g/mol. The van der Waals surface area contributed by atoms with Crippen LogP contribution in [0.5, 0.6) is 0 Å². The summed E-state index contributed by atoms with van der Waals surface area (Å²) in [5, 5.41) is 12.7. The number of carbonyl (C=O) groups excluding carboxylic acids is 2. The fourth-order valence-corrected chi connectivity index (χ4v) is 3.94. The minimum absolute atomic E-state index is 0.129. The SMILES string of the molecule is COCCCN1C(=O)C(=O)/C(=C(\O)c2ccc(C)cc2)C1c1cccs1. The van der Waals surface area contributed by atoms with Gasteiger partial charge in [-0.15, -0.1) is 11.3 Å². The van der Waals surface area contributed by atoms with Crippen LogP contribution in [0.3, 0.4) is 0 Å². The molecule has 5 nitrogen and oxygen atoms in total. The van der Waals surface area contributed by atoms with Crippen molar-refractivity contribution >= 4 is 28.8 Å². The third-order valence-corrected chi connectivity index (χ3v) is 5.35. The average Bonchev–Trinajstić information content (AvgIpc) is 3.24. The lowest BCUT2D eigenvalue weighted by molar-refractivity contribution is -0.140. The summed E-state index contributed by atoms with van der Waals surface area (Å²) >= 11 is 1.46. The molecule has 1 aromatic carbocycles. The van der Waals surface area contributed by atoms with E-state index in [0.717, 1.165) is 10.4 Å². The van der Waals surface area contributed by atoms with Crippen molar-refractivity contribution in [3.8, 4) is 0 Å². The number of hydrogen-bond donors (Lipinski definition) is 1. The van der Waals surface area contributed by atoms with Gasteiger partial charge in [-0.25, -0.2) is 0 Å². The number of carbonyl (C=O) groups is 2. The zero-order chi connectivity index (χ0) is 18.7. The molecule has 1 N–H and O–H groups in total. The number of likely N-dealkylation sites (tertiary alicyclic amines) is 1. The van der Waals surface area contributed by atoms with Gasteiger partial charge in [0.15, 0.2) is 0 Å². The summed E-state index contributed by atoms with van der Waals surface area (Å²) in [5.41, 5.74) is 1.74. The second-order valence-corrected chi connectivity index (χ2v) is 7.20. The third-order valence-electron chi connectivity index (χ3n) is 4.43. The van der Waals surface area contributed by atoms with Crippen molar-refractivity contribution in [3.05, 3.63) is 63.4 Å². The van der Waals surface area contributed by atoms with Crippen LogP contribution in [0.1, 0.15) is 28.5 Å². The van der Waals surface area contributed by atoms with Crippen LogP contribution < -0.4 is 0 Å². The van der Waals surface area contributed by atoms with Gasteiger partial charge in [-0.3, -0.25) is 9.59 Å². The molecule has 2 aromatic rings. The summed E-state index contributed by atoms with van der Waals surface area (Å²) < 4.78 is 5.06. The molecule has 0 aliphatic carbocycles. The molecule has 6 heteroatoms. The van der Waals surface area contributed by atoms with Gasteiger partial charge in [-0.2, -0.15) is 0 Å². The maximum atomic E-state index is 12.7. The lowest BCUT2D eigenvalue weighted by atomic mass is 9.99. The van der Waals surface area contributed by atoms with E-state index in [-0.39, 0.29) is 11.3 Å². The van der Waals surface area contributed by atoms with Gasteiger partial charge in [0.05, 0.1) is 11.6 Å². The van der Waals surface area contributed by atoms with Gasteiger partial charge in [0, 0.05) is 30.7 Å². The van der Waals surface area contributed by atoms with E-state index in [1.54, 1.807) is 19.2 Å². The lowest BCUT2D eigenvalue weighted by Gasteiger charge is -2.23. The highest BCUT2D eigenvalue weighted by atomic mass is 32.1. The Balaban J connectivity index is 2.06. The number of aryl methyl sites for hydroxylation is 1. The highest BCUT2D eigenvalue weighted by Crippen LogP contribution is 2.41. The molecular formula is C20H21NO4S. The molecule has 1 aliphatic rings. The van der Waals surface area contributed by atoms with Gasteiger partial charge in [0.1, 0.15) is 5.76 Å². The van der Waals surface area contributed by atoms with Gasteiger partial charge in [0.25, 0.3) is 11.7 Å². The monoisotopic (exact) mass is 371 g/mol. The number of Topliss-reactive ketones (excluding diaryl/α,β-unsaturated/α-hetero) is 1. The number of rotatable bonds is 6. The van der Waals surface area contributed by atoms with E-state index in [9.17, 15) is 14.7 Å². The first-order valence-electron chi connectivity index (χ1n) is 8.42. The molecule has 0 saturated carbocycles. The third kappa shape index (κ3) is 3.43. The van der Waals surface area contributed by atoms with Crippen LogP contribution in [-0.2, 0) is 14.3 Å². The smallest absolute Gasteiger partial charge is 0.295 e. The van der Waals surface area contributed by atoms with Crippen LogP contribution in [0.25, 0.3) is 5.76 Å². The minimum Gasteiger partial charge on any atom is -0.507 e.